The first-order valence-electron chi connectivity index (χ1n) is 4.01. The Morgan fingerprint density at radius 2 is 2.27 bits per heavy atom. The van der Waals surface area contributed by atoms with Crippen LogP contribution in [0, 0.1) is 10.1 Å². The average molecular weight is 207 g/mol. The lowest BCUT2D eigenvalue weighted by atomic mass is 10.1. The van der Waals surface area contributed by atoms with Crippen LogP contribution in [0.2, 0.25) is 0 Å². The summed E-state index contributed by atoms with van der Waals surface area (Å²) >= 11 is 0. The Morgan fingerprint density at radius 3 is 2.87 bits per heavy atom. The van der Waals surface area contributed by atoms with E-state index in [1.807, 2.05) is 0 Å². The number of carboxylic acids is 1. The van der Waals surface area contributed by atoms with Crippen LogP contribution in [0.4, 0.5) is 11.4 Å². The molecular weight excluding hydrogens is 202 g/mol. The molecule has 1 atom stereocenters. The Kier molecular flexibility index (Phi) is 1.93. The molecule has 7 heteroatoms. The largest absolute Gasteiger partial charge is 0.479 e. The third kappa shape index (κ3) is 1.43. The lowest BCUT2D eigenvalue weighted by Crippen LogP contribution is -2.06. The molecule has 7 nitrogen and oxygen atoms in total. The highest BCUT2D eigenvalue weighted by Crippen LogP contribution is 2.37. The van der Waals surface area contributed by atoms with Crippen LogP contribution in [-0.2, 0) is 4.79 Å². The fourth-order valence-electron chi connectivity index (χ4n) is 1.33. The van der Waals surface area contributed by atoms with Gasteiger partial charge in [0.15, 0.2) is 6.04 Å². The molecule has 0 aromatic heterocycles. The van der Waals surface area contributed by atoms with Gasteiger partial charge in [-0.1, -0.05) is 0 Å². The Bertz CT molecular complexity index is 483. The van der Waals surface area contributed by atoms with Gasteiger partial charge in [-0.05, 0) is 6.07 Å². The predicted molar refractivity (Wildman–Crippen MR) is 48.0 cm³/mol. The summed E-state index contributed by atoms with van der Waals surface area (Å²) in [5.41, 5.74) is 0.469. The summed E-state index contributed by atoms with van der Waals surface area (Å²) in [7, 11) is 0. The summed E-state index contributed by atoms with van der Waals surface area (Å²) in [6.07, 6.45) is 0. The number of carbonyl (C=O) groups is 1. The Hall–Kier alpha value is -2.31. The lowest BCUT2D eigenvalue weighted by molar-refractivity contribution is -0.384. The zero-order valence-corrected chi connectivity index (χ0v) is 7.32. The van der Waals surface area contributed by atoms with Gasteiger partial charge in [-0.15, -0.1) is 0 Å². The molecule has 0 saturated heterocycles. The molecule has 0 amide bonds. The van der Waals surface area contributed by atoms with E-state index in [0.717, 1.165) is 0 Å². The molecule has 2 rings (SSSR count). The maximum Gasteiger partial charge on any atom is 0.335 e. The Balaban J connectivity index is 2.50. The van der Waals surface area contributed by atoms with Crippen molar-refractivity contribution in [1.29, 1.82) is 0 Å². The molecule has 0 radical (unpaired) electrons. The third-order valence-corrected chi connectivity index (χ3v) is 2.03. The van der Waals surface area contributed by atoms with Crippen molar-refractivity contribution in [1.82, 2.24) is 0 Å². The highest BCUT2D eigenvalue weighted by Gasteiger charge is 2.28. The molecule has 0 spiro atoms. The van der Waals surface area contributed by atoms with Crippen molar-refractivity contribution in [2.75, 3.05) is 0 Å². The standard InChI is InChI=1S/C8H5N3O4/c12-8(13)7-5-3-4(11(14)15)1-2-6(5)9-10-7/h1-3,7H,(H,12,13)/t7-/m0/s1. The van der Waals surface area contributed by atoms with Gasteiger partial charge in [0.2, 0.25) is 0 Å². The minimum atomic E-state index is -1.17. The Morgan fingerprint density at radius 1 is 1.53 bits per heavy atom. The Labute approximate surface area is 83.2 Å². The first kappa shape index (κ1) is 9.25. The van der Waals surface area contributed by atoms with Gasteiger partial charge in [0.25, 0.3) is 5.69 Å². The van der Waals surface area contributed by atoms with E-state index in [1.54, 1.807) is 0 Å². The maximum absolute atomic E-state index is 10.7. The van der Waals surface area contributed by atoms with Crippen LogP contribution in [0.1, 0.15) is 11.6 Å². The summed E-state index contributed by atoms with van der Waals surface area (Å²) in [5, 5.41) is 26.4. The molecule has 0 unspecified atom stereocenters. The minimum absolute atomic E-state index is 0.160. The van der Waals surface area contributed by atoms with Crippen molar-refractivity contribution in [3.8, 4) is 0 Å². The molecule has 0 aliphatic carbocycles. The molecule has 1 heterocycles. The number of rotatable bonds is 2. The molecule has 1 aliphatic heterocycles. The summed E-state index contributed by atoms with van der Waals surface area (Å²) < 4.78 is 0. The summed E-state index contributed by atoms with van der Waals surface area (Å²) in [6, 6.07) is 2.72. The van der Waals surface area contributed by atoms with E-state index < -0.39 is 16.9 Å². The smallest absolute Gasteiger partial charge is 0.335 e. The second kappa shape index (κ2) is 3.12. The van der Waals surface area contributed by atoms with E-state index >= 15 is 0 Å². The number of aliphatic carboxylic acids is 1. The summed E-state index contributed by atoms with van der Waals surface area (Å²) in [4.78, 5) is 20.6. The molecule has 1 N–H and O–H groups in total. The number of nitrogens with zero attached hydrogens (tertiary/aromatic N) is 3. The fourth-order valence-corrected chi connectivity index (χ4v) is 1.33. The lowest BCUT2D eigenvalue weighted by Gasteiger charge is -2.01. The fraction of sp³-hybridized carbons (Fsp3) is 0.125. The zero-order valence-electron chi connectivity index (χ0n) is 7.32. The highest BCUT2D eigenvalue weighted by atomic mass is 16.6. The summed E-state index contributed by atoms with van der Waals surface area (Å²) in [6.45, 7) is 0. The van der Waals surface area contributed by atoms with Gasteiger partial charge in [0.1, 0.15) is 0 Å². The number of hydrogen-bond donors (Lipinski definition) is 1. The van der Waals surface area contributed by atoms with Gasteiger partial charge in [-0.2, -0.15) is 10.2 Å². The van der Waals surface area contributed by atoms with Crippen molar-refractivity contribution in [3.63, 3.8) is 0 Å². The van der Waals surface area contributed by atoms with E-state index in [0.29, 0.717) is 5.69 Å². The summed E-state index contributed by atoms with van der Waals surface area (Å²) in [5.74, 6) is -1.17. The molecule has 0 bridgehead atoms. The quantitative estimate of drug-likeness (QED) is 0.589. The monoisotopic (exact) mass is 207 g/mol. The zero-order chi connectivity index (χ0) is 11.0. The van der Waals surface area contributed by atoms with Crippen molar-refractivity contribution < 1.29 is 14.8 Å². The van der Waals surface area contributed by atoms with Crippen molar-refractivity contribution in [3.05, 3.63) is 33.9 Å². The van der Waals surface area contributed by atoms with E-state index in [4.69, 9.17) is 5.11 Å². The van der Waals surface area contributed by atoms with E-state index in [9.17, 15) is 14.9 Å². The number of fused-ring (bicyclic) bond motifs is 1. The van der Waals surface area contributed by atoms with Crippen molar-refractivity contribution in [2.45, 2.75) is 6.04 Å². The van der Waals surface area contributed by atoms with Gasteiger partial charge in [0, 0.05) is 17.7 Å². The molecule has 76 valence electrons. The van der Waals surface area contributed by atoms with Crippen LogP contribution >= 0.6 is 0 Å². The van der Waals surface area contributed by atoms with E-state index in [1.165, 1.54) is 18.2 Å². The van der Waals surface area contributed by atoms with E-state index in [2.05, 4.69) is 10.2 Å². The normalized spacial score (nSPS) is 17.5. The van der Waals surface area contributed by atoms with Gasteiger partial charge >= 0.3 is 5.97 Å². The van der Waals surface area contributed by atoms with E-state index in [-0.39, 0.29) is 11.3 Å². The number of hydrogen-bond acceptors (Lipinski definition) is 5. The number of nitro groups is 1. The number of non-ortho nitro benzene ring substituents is 1. The van der Waals surface area contributed by atoms with Crippen molar-refractivity contribution in [2.24, 2.45) is 10.2 Å². The molecule has 15 heavy (non-hydrogen) atoms. The van der Waals surface area contributed by atoms with Gasteiger partial charge < -0.3 is 5.11 Å². The maximum atomic E-state index is 10.7. The average Bonchev–Trinajstić information content (AvgIpc) is 2.59. The highest BCUT2D eigenvalue weighted by molar-refractivity contribution is 5.79. The first-order chi connectivity index (χ1) is 7.09. The van der Waals surface area contributed by atoms with Gasteiger partial charge in [-0.25, -0.2) is 4.79 Å². The van der Waals surface area contributed by atoms with Crippen LogP contribution in [0.25, 0.3) is 0 Å². The molecular formula is C8H5N3O4. The van der Waals surface area contributed by atoms with Crippen LogP contribution in [0.5, 0.6) is 0 Å². The second-order valence-electron chi connectivity index (χ2n) is 2.96. The number of nitro benzene ring substituents is 1. The molecule has 1 aromatic carbocycles. The van der Waals surface area contributed by atoms with Gasteiger partial charge in [-0.3, -0.25) is 10.1 Å². The van der Waals surface area contributed by atoms with Crippen LogP contribution in [0.3, 0.4) is 0 Å². The number of benzene rings is 1. The molecule has 0 fully saturated rings. The van der Waals surface area contributed by atoms with Crippen LogP contribution in [0.15, 0.2) is 28.4 Å². The third-order valence-electron chi connectivity index (χ3n) is 2.03. The molecule has 1 aromatic rings. The van der Waals surface area contributed by atoms with Crippen molar-refractivity contribution >= 4 is 17.3 Å². The van der Waals surface area contributed by atoms with Gasteiger partial charge in [0.05, 0.1) is 10.6 Å². The number of azo groups is 1. The van der Waals surface area contributed by atoms with Crippen LogP contribution in [-0.4, -0.2) is 16.0 Å². The first-order valence-corrected chi connectivity index (χ1v) is 4.01. The minimum Gasteiger partial charge on any atom is -0.479 e. The SMILES string of the molecule is O=C(O)[C@H]1N=Nc2ccc([N+](=O)[O-])cc21. The predicted octanol–water partition coefficient (Wildman–Crippen LogP) is 1.82. The molecule has 0 saturated carbocycles. The number of carboxylic acid groups (broad SMARTS) is 1. The second-order valence-corrected chi connectivity index (χ2v) is 2.96. The van der Waals surface area contributed by atoms with Crippen LogP contribution < -0.4 is 0 Å². The topological polar surface area (TPSA) is 105 Å². The molecule has 1 aliphatic rings.